The molecule has 0 N–H and O–H groups in total. The minimum atomic E-state index is -0.893. The summed E-state index contributed by atoms with van der Waals surface area (Å²) in [6.45, 7) is 9.79. The minimum Gasteiger partial charge on any atom is -0.457 e. The number of esters is 1. The molecular weight excluding hydrogens is 288 g/mol. The molecule has 1 heterocycles. The second kappa shape index (κ2) is 5.34. The molecule has 1 aliphatic heterocycles. The van der Waals surface area contributed by atoms with Crippen LogP contribution in [0.25, 0.3) is 10.8 Å². The fraction of sp³-hybridized carbons (Fsp3) is 0.450. The van der Waals surface area contributed by atoms with Crippen LogP contribution in [-0.2, 0) is 14.3 Å². The zero-order valence-electron chi connectivity index (χ0n) is 14.4. The molecule has 1 saturated heterocycles. The van der Waals surface area contributed by atoms with E-state index in [4.69, 9.17) is 9.47 Å². The van der Waals surface area contributed by atoms with Gasteiger partial charge in [-0.1, -0.05) is 56.3 Å². The van der Waals surface area contributed by atoms with Crippen LogP contribution >= 0.6 is 0 Å². The van der Waals surface area contributed by atoms with Gasteiger partial charge in [-0.2, -0.15) is 0 Å². The number of hydrogen-bond donors (Lipinski definition) is 0. The predicted octanol–water partition coefficient (Wildman–Crippen LogP) is 4.65. The molecule has 1 fully saturated rings. The Balaban J connectivity index is 1.86. The van der Waals surface area contributed by atoms with Crippen LogP contribution < -0.4 is 0 Å². The van der Waals surface area contributed by atoms with Crippen LogP contribution in [0.1, 0.15) is 46.3 Å². The summed E-state index contributed by atoms with van der Waals surface area (Å²) < 4.78 is 11.5. The number of hydrogen-bond acceptors (Lipinski definition) is 3. The van der Waals surface area contributed by atoms with E-state index >= 15 is 0 Å². The van der Waals surface area contributed by atoms with Crippen molar-refractivity contribution in [2.24, 2.45) is 5.92 Å². The quantitative estimate of drug-likeness (QED) is 0.609. The van der Waals surface area contributed by atoms with Crippen LogP contribution in [0, 0.1) is 5.92 Å². The zero-order chi connectivity index (χ0) is 16.8. The van der Waals surface area contributed by atoms with Gasteiger partial charge in [-0.15, -0.1) is 0 Å². The van der Waals surface area contributed by atoms with E-state index in [1.165, 1.54) is 0 Å². The van der Waals surface area contributed by atoms with Crippen molar-refractivity contribution in [2.45, 2.75) is 51.9 Å². The van der Waals surface area contributed by atoms with Gasteiger partial charge in [0.15, 0.2) is 5.60 Å². The van der Waals surface area contributed by atoms with Crippen molar-refractivity contribution in [2.75, 3.05) is 0 Å². The van der Waals surface area contributed by atoms with E-state index < -0.39 is 11.2 Å². The lowest BCUT2D eigenvalue weighted by Crippen LogP contribution is -2.38. The number of fused-ring (bicyclic) bond motifs is 1. The van der Waals surface area contributed by atoms with Crippen molar-refractivity contribution < 1.29 is 14.3 Å². The summed E-state index contributed by atoms with van der Waals surface area (Å²) in [5, 5.41) is 2.28. The second-order valence-corrected chi connectivity index (χ2v) is 7.32. The highest BCUT2D eigenvalue weighted by Crippen LogP contribution is 2.52. The van der Waals surface area contributed by atoms with E-state index in [2.05, 4.69) is 18.2 Å². The lowest BCUT2D eigenvalue weighted by Gasteiger charge is -2.30. The molecule has 23 heavy (non-hydrogen) atoms. The van der Waals surface area contributed by atoms with E-state index in [-0.39, 0.29) is 18.0 Å². The van der Waals surface area contributed by atoms with E-state index in [0.29, 0.717) is 0 Å². The Bertz CT molecular complexity index is 742. The predicted molar refractivity (Wildman–Crippen MR) is 91.2 cm³/mol. The number of ether oxygens (including phenoxy) is 2. The van der Waals surface area contributed by atoms with Gasteiger partial charge in [-0.05, 0) is 43.0 Å². The van der Waals surface area contributed by atoms with Gasteiger partial charge < -0.3 is 9.47 Å². The Hall–Kier alpha value is -1.87. The third-order valence-electron chi connectivity index (χ3n) is 5.06. The van der Waals surface area contributed by atoms with Crippen molar-refractivity contribution in [1.29, 1.82) is 0 Å². The summed E-state index contributed by atoms with van der Waals surface area (Å²) in [6, 6.07) is 14.3. The average molecular weight is 312 g/mol. The lowest BCUT2D eigenvalue weighted by atomic mass is 9.93. The molecule has 0 amide bonds. The van der Waals surface area contributed by atoms with Crippen molar-refractivity contribution in [1.82, 2.24) is 0 Å². The van der Waals surface area contributed by atoms with E-state index in [1.807, 2.05) is 58.9 Å². The molecule has 0 radical (unpaired) electrons. The number of epoxide rings is 1. The Kier molecular flexibility index (Phi) is 3.72. The third-order valence-corrected chi connectivity index (χ3v) is 5.06. The van der Waals surface area contributed by atoms with Crippen LogP contribution in [0.5, 0.6) is 0 Å². The molecule has 3 heteroatoms. The maximum Gasteiger partial charge on any atom is 0.341 e. The standard InChI is InChI=1S/C20H24O3/c1-13(2)19(3,4)23-18(21)20(5)17(22-20)16-12-8-10-14-9-6-7-11-15(14)16/h6-13,17H,1-5H3. The van der Waals surface area contributed by atoms with Crippen LogP contribution in [0.4, 0.5) is 0 Å². The summed E-state index contributed by atoms with van der Waals surface area (Å²) in [7, 11) is 0. The molecule has 2 aromatic rings. The zero-order valence-corrected chi connectivity index (χ0v) is 14.4. The Morgan fingerprint density at radius 1 is 1.17 bits per heavy atom. The highest BCUT2D eigenvalue weighted by Gasteiger charge is 2.61. The molecule has 0 spiro atoms. The smallest absolute Gasteiger partial charge is 0.341 e. The molecule has 3 nitrogen and oxygen atoms in total. The minimum absolute atomic E-state index is 0.241. The van der Waals surface area contributed by atoms with E-state index in [9.17, 15) is 4.79 Å². The Morgan fingerprint density at radius 3 is 2.52 bits per heavy atom. The summed E-state index contributed by atoms with van der Waals surface area (Å²) >= 11 is 0. The van der Waals surface area contributed by atoms with Gasteiger partial charge in [0.2, 0.25) is 0 Å². The van der Waals surface area contributed by atoms with Crippen molar-refractivity contribution in [3.63, 3.8) is 0 Å². The van der Waals surface area contributed by atoms with Crippen molar-refractivity contribution in [3.8, 4) is 0 Å². The first-order valence-electron chi connectivity index (χ1n) is 8.14. The van der Waals surface area contributed by atoms with Crippen molar-refractivity contribution >= 4 is 16.7 Å². The maximum atomic E-state index is 12.6. The molecule has 3 rings (SSSR count). The molecule has 0 aliphatic carbocycles. The summed E-state index contributed by atoms with van der Waals surface area (Å²) in [6.07, 6.45) is -0.246. The largest absolute Gasteiger partial charge is 0.457 e. The molecule has 2 atom stereocenters. The van der Waals surface area contributed by atoms with Gasteiger partial charge in [-0.3, -0.25) is 0 Å². The summed E-state index contributed by atoms with van der Waals surface area (Å²) in [5.74, 6) is -0.0426. The van der Waals surface area contributed by atoms with Gasteiger partial charge in [0.05, 0.1) is 0 Å². The fourth-order valence-electron chi connectivity index (χ4n) is 2.66. The number of rotatable bonds is 4. The molecule has 0 saturated carbocycles. The highest BCUT2D eigenvalue weighted by molar-refractivity contribution is 5.90. The summed E-state index contributed by atoms with van der Waals surface area (Å²) in [4.78, 5) is 12.6. The van der Waals surface area contributed by atoms with E-state index in [0.717, 1.165) is 16.3 Å². The number of carbonyl (C=O) groups excluding carboxylic acids is 1. The average Bonchev–Trinajstić information content (AvgIpc) is 3.19. The van der Waals surface area contributed by atoms with Crippen LogP contribution in [-0.4, -0.2) is 17.2 Å². The number of benzene rings is 2. The fourth-order valence-corrected chi connectivity index (χ4v) is 2.66. The van der Waals surface area contributed by atoms with Gasteiger partial charge in [-0.25, -0.2) is 4.79 Å². The molecule has 122 valence electrons. The van der Waals surface area contributed by atoms with Gasteiger partial charge in [0.25, 0.3) is 0 Å². The Labute approximate surface area is 137 Å². The molecule has 0 aromatic heterocycles. The first-order chi connectivity index (χ1) is 10.8. The summed E-state index contributed by atoms with van der Waals surface area (Å²) in [5.41, 5.74) is -0.351. The lowest BCUT2D eigenvalue weighted by molar-refractivity contribution is -0.166. The molecule has 2 unspecified atom stereocenters. The van der Waals surface area contributed by atoms with Gasteiger partial charge in [0.1, 0.15) is 11.7 Å². The van der Waals surface area contributed by atoms with Crippen LogP contribution in [0.15, 0.2) is 42.5 Å². The first kappa shape index (κ1) is 16.0. The normalized spacial score (nSPS) is 24.0. The maximum absolute atomic E-state index is 12.6. The Morgan fingerprint density at radius 2 is 1.83 bits per heavy atom. The van der Waals surface area contributed by atoms with Crippen LogP contribution in [0.3, 0.4) is 0 Å². The van der Waals surface area contributed by atoms with Crippen molar-refractivity contribution in [3.05, 3.63) is 48.0 Å². The highest BCUT2D eigenvalue weighted by atomic mass is 16.7. The van der Waals surface area contributed by atoms with Gasteiger partial charge >= 0.3 is 5.97 Å². The molecule has 1 aliphatic rings. The third kappa shape index (κ3) is 2.74. The molecule has 2 aromatic carbocycles. The molecular formula is C20H24O3. The monoisotopic (exact) mass is 312 g/mol. The van der Waals surface area contributed by atoms with Crippen LogP contribution in [0.2, 0.25) is 0 Å². The molecule has 0 bridgehead atoms. The number of carbonyl (C=O) groups is 1. The topological polar surface area (TPSA) is 38.8 Å². The van der Waals surface area contributed by atoms with Gasteiger partial charge in [0, 0.05) is 0 Å². The second-order valence-electron chi connectivity index (χ2n) is 7.32. The van der Waals surface area contributed by atoms with E-state index in [1.54, 1.807) is 0 Å². The first-order valence-corrected chi connectivity index (χ1v) is 8.14. The SMILES string of the molecule is CC(C)C(C)(C)OC(=O)C1(C)OC1c1cccc2ccccc12.